The molecule has 2 aromatic rings. The van der Waals surface area contributed by atoms with Gasteiger partial charge in [-0.05, 0) is 25.5 Å². The van der Waals surface area contributed by atoms with Gasteiger partial charge in [0.05, 0.1) is 11.1 Å². The van der Waals surface area contributed by atoms with Crippen molar-refractivity contribution in [2.75, 3.05) is 0 Å². The molecule has 7 heteroatoms. The normalized spacial score (nSPS) is 10.6. The lowest BCUT2D eigenvalue weighted by Crippen LogP contribution is -2.22. The molecule has 1 aromatic carbocycles. The molecule has 2 rings (SSSR count). The van der Waals surface area contributed by atoms with Gasteiger partial charge in [0.25, 0.3) is 11.2 Å². The molecule has 0 amide bonds. The van der Waals surface area contributed by atoms with Crippen molar-refractivity contribution in [3.05, 3.63) is 73.2 Å². The molecule has 0 N–H and O–H groups in total. The Kier molecular flexibility index (Phi) is 4.13. The standard InChI is InChI=1S/C15H12N4O3/c1-10-6-11(2)18(15(20)14(10)8-16)17-9-12-4-3-5-13(7-12)19(21)22/h3-7,9H,1-2H3/b17-9-. The van der Waals surface area contributed by atoms with Crippen LogP contribution in [0.25, 0.3) is 0 Å². The van der Waals surface area contributed by atoms with Crippen LogP contribution < -0.4 is 5.56 Å². The largest absolute Gasteiger partial charge is 0.289 e. The zero-order valence-electron chi connectivity index (χ0n) is 12.0. The van der Waals surface area contributed by atoms with Crippen LogP contribution in [0.1, 0.15) is 22.4 Å². The fraction of sp³-hybridized carbons (Fsp3) is 0.133. The maximum Gasteiger partial charge on any atom is 0.289 e. The molecule has 0 aliphatic carbocycles. The average molecular weight is 296 g/mol. The highest BCUT2D eigenvalue weighted by atomic mass is 16.6. The van der Waals surface area contributed by atoms with Crippen LogP contribution in [-0.2, 0) is 0 Å². The Morgan fingerprint density at radius 2 is 2.09 bits per heavy atom. The van der Waals surface area contributed by atoms with Crippen molar-refractivity contribution >= 4 is 11.9 Å². The van der Waals surface area contributed by atoms with Gasteiger partial charge in [-0.2, -0.15) is 10.4 Å². The van der Waals surface area contributed by atoms with E-state index in [-0.39, 0.29) is 11.3 Å². The minimum atomic E-state index is -0.512. The van der Waals surface area contributed by atoms with Crippen LogP contribution in [0.5, 0.6) is 0 Å². The number of aryl methyl sites for hydroxylation is 2. The lowest BCUT2D eigenvalue weighted by atomic mass is 10.1. The number of pyridine rings is 1. The van der Waals surface area contributed by atoms with Crippen LogP contribution >= 0.6 is 0 Å². The summed E-state index contributed by atoms with van der Waals surface area (Å²) in [5.41, 5.74) is 1.10. The molecular formula is C15H12N4O3. The summed E-state index contributed by atoms with van der Waals surface area (Å²) in [7, 11) is 0. The van der Waals surface area contributed by atoms with E-state index in [1.165, 1.54) is 24.4 Å². The molecule has 1 heterocycles. The molecule has 22 heavy (non-hydrogen) atoms. The Hall–Kier alpha value is -3.27. The summed E-state index contributed by atoms with van der Waals surface area (Å²) in [5.74, 6) is 0. The highest BCUT2D eigenvalue weighted by Gasteiger charge is 2.09. The molecule has 0 radical (unpaired) electrons. The summed E-state index contributed by atoms with van der Waals surface area (Å²) in [5, 5.41) is 23.8. The van der Waals surface area contributed by atoms with Gasteiger partial charge in [-0.25, -0.2) is 4.68 Å². The van der Waals surface area contributed by atoms with E-state index in [0.29, 0.717) is 16.8 Å². The Bertz CT molecular complexity index is 875. The van der Waals surface area contributed by atoms with E-state index in [4.69, 9.17) is 5.26 Å². The topological polar surface area (TPSA) is 101 Å². The number of non-ortho nitro benzene ring substituents is 1. The van der Waals surface area contributed by atoms with Crippen molar-refractivity contribution in [1.29, 1.82) is 5.26 Å². The van der Waals surface area contributed by atoms with Gasteiger partial charge in [-0.3, -0.25) is 14.9 Å². The number of hydrogen-bond donors (Lipinski definition) is 0. The van der Waals surface area contributed by atoms with Gasteiger partial charge >= 0.3 is 0 Å². The van der Waals surface area contributed by atoms with E-state index >= 15 is 0 Å². The van der Waals surface area contributed by atoms with Crippen molar-refractivity contribution in [3.8, 4) is 6.07 Å². The monoisotopic (exact) mass is 296 g/mol. The number of aromatic nitrogens is 1. The molecule has 1 aromatic heterocycles. The van der Waals surface area contributed by atoms with Crippen molar-refractivity contribution in [2.24, 2.45) is 5.10 Å². The third kappa shape index (κ3) is 2.91. The maximum atomic E-state index is 12.2. The summed E-state index contributed by atoms with van der Waals surface area (Å²) in [6.45, 7) is 3.38. The molecule has 0 unspecified atom stereocenters. The number of nitro groups is 1. The zero-order chi connectivity index (χ0) is 16.3. The first-order valence-corrected chi connectivity index (χ1v) is 6.36. The quantitative estimate of drug-likeness (QED) is 0.491. The summed E-state index contributed by atoms with van der Waals surface area (Å²) < 4.78 is 1.10. The Morgan fingerprint density at radius 1 is 1.36 bits per heavy atom. The van der Waals surface area contributed by atoms with Gasteiger partial charge in [0.2, 0.25) is 0 Å². The Balaban J connectivity index is 2.48. The number of hydrogen-bond acceptors (Lipinski definition) is 5. The van der Waals surface area contributed by atoms with E-state index < -0.39 is 10.5 Å². The van der Waals surface area contributed by atoms with Gasteiger partial charge in [-0.15, -0.1) is 0 Å². The first-order chi connectivity index (χ1) is 10.4. The molecule has 0 atom stereocenters. The van der Waals surface area contributed by atoms with Crippen LogP contribution in [0.3, 0.4) is 0 Å². The number of benzene rings is 1. The first-order valence-electron chi connectivity index (χ1n) is 6.36. The van der Waals surface area contributed by atoms with Gasteiger partial charge in [0, 0.05) is 23.4 Å². The predicted molar refractivity (Wildman–Crippen MR) is 81.0 cm³/mol. The molecule has 0 fully saturated rings. The molecule has 0 aliphatic heterocycles. The molecule has 0 aliphatic rings. The summed E-state index contributed by atoms with van der Waals surface area (Å²) >= 11 is 0. The predicted octanol–water partition coefficient (Wildman–Crippen LogP) is 2.13. The van der Waals surface area contributed by atoms with E-state index in [0.717, 1.165) is 4.68 Å². The Labute approximate surface area is 125 Å². The molecule has 0 saturated carbocycles. The van der Waals surface area contributed by atoms with E-state index in [1.807, 2.05) is 6.07 Å². The minimum Gasteiger partial charge on any atom is -0.266 e. The minimum absolute atomic E-state index is 0.0294. The second-order valence-electron chi connectivity index (χ2n) is 4.67. The van der Waals surface area contributed by atoms with Crippen molar-refractivity contribution in [3.63, 3.8) is 0 Å². The highest BCUT2D eigenvalue weighted by molar-refractivity contribution is 5.80. The summed E-state index contributed by atoms with van der Waals surface area (Å²) in [6.07, 6.45) is 1.35. The lowest BCUT2D eigenvalue weighted by Gasteiger charge is -2.06. The summed E-state index contributed by atoms with van der Waals surface area (Å²) in [6, 6.07) is 9.43. The number of nitrogens with zero attached hydrogens (tertiary/aromatic N) is 4. The summed E-state index contributed by atoms with van der Waals surface area (Å²) in [4.78, 5) is 22.4. The number of nitriles is 1. The van der Waals surface area contributed by atoms with Gasteiger partial charge < -0.3 is 0 Å². The van der Waals surface area contributed by atoms with E-state index in [1.54, 1.807) is 26.0 Å². The van der Waals surface area contributed by atoms with Crippen molar-refractivity contribution in [1.82, 2.24) is 4.68 Å². The van der Waals surface area contributed by atoms with Gasteiger partial charge in [0.15, 0.2) is 0 Å². The molecule has 0 saturated heterocycles. The Morgan fingerprint density at radius 3 is 2.73 bits per heavy atom. The van der Waals surface area contributed by atoms with E-state index in [2.05, 4.69) is 5.10 Å². The second kappa shape index (κ2) is 6.01. The van der Waals surface area contributed by atoms with Crippen molar-refractivity contribution < 1.29 is 4.92 Å². The number of rotatable bonds is 3. The van der Waals surface area contributed by atoms with Crippen LogP contribution in [0.15, 0.2) is 40.2 Å². The highest BCUT2D eigenvalue weighted by Crippen LogP contribution is 2.12. The van der Waals surface area contributed by atoms with Gasteiger partial charge in [-0.1, -0.05) is 12.1 Å². The number of nitro benzene ring substituents is 1. The van der Waals surface area contributed by atoms with Gasteiger partial charge in [0.1, 0.15) is 11.6 Å². The fourth-order valence-corrected chi connectivity index (χ4v) is 2.00. The van der Waals surface area contributed by atoms with Crippen molar-refractivity contribution in [2.45, 2.75) is 13.8 Å². The fourth-order valence-electron chi connectivity index (χ4n) is 2.00. The SMILES string of the molecule is Cc1cc(C)n(/N=C\c2cccc([N+](=O)[O-])c2)c(=O)c1C#N. The molecule has 0 spiro atoms. The lowest BCUT2D eigenvalue weighted by molar-refractivity contribution is -0.384. The third-order valence-corrected chi connectivity index (χ3v) is 3.08. The molecular weight excluding hydrogens is 284 g/mol. The zero-order valence-corrected chi connectivity index (χ0v) is 12.0. The van der Waals surface area contributed by atoms with Crippen LogP contribution in [0, 0.1) is 35.3 Å². The average Bonchev–Trinajstić information content (AvgIpc) is 2.47. The van der Waals surface area contributed by atoms with Crippen LogP contribution in [0.4, 0.5) is 5.69 Å². The third-order valence-electron chi connectivity index (χ3n) is 3.08. The van der Waals surface area contributed by atoms with E-state index in [9.17, 15) is 14.9 Å². The maximum absolute atomic E-state index is 12.2. The molecule has 7 nitrogen and oxygen atoms in total. The smallest absolute Gasteiger partial charge is 0.266 e. The second-order valence-corrected chi connectivity index (χ2v) is 4.67. The molecule has 0 bridgehead atoms. The first kappa shape index (κ1) is 15.1. The van der Waals surface area contributed by atoms with Crippen LogP contribution in [-0.4, -0.2) is 15.8 Å². The molecule has 110 valence electrons. The van der Waals surface area contributed by atoms with Crippen LogP contribution in [0.2, 0.25) is 0 Å².